The smallest absolute Gasteiger partial charge is 0.408 e. The molecule has 1 amide bonds. The number of hydrogen-bond donors (Lipinski definition) is 1. The SMILES string of the molecule is C[C@H]1[C@H](C)CCC[C@H]1NC(=O)C1CCN(S(=O)(=O)c2ccc3c(c2)oc(=O)n3C)CC1. The van der Waals surface area contributed by atoms with Gasteiger partial charge in [0, 0.05) is 38.2 Å². The van der Waals surface area contributed by atoms with Gasteiger partial charge >= 0.3 is 5.76 Å². The lowest BCUT2D eigenvalue weighted by molar-refractivity contribution is -0.127. The molecule has 1 aliphatic carbocycles. The molecule has 2 heterocycles. The van der Waals surface area contributed by atoms with Crippen LogP contribution in [0.4, 0.5) is 0 Å². The standard InChI is InChI=1S/C22H31N3O5S/c1-14-5-4-6-18(15(14)2)23-21(26)16-9-11-25(12-10-16)31(28,29)17-7-8-19-20(13-17)30-22(27)24(19)3/h7-8,13-16,18H,4-6,9-12H2,1-3H3,(H,23,26)/t14-,15+,18-/m1/s1. The van der Waals surface area contributed by atoms with Gasteiger partial charge < -0.3 is 9.73 Å². The largest absolute Gasteiger partial charge is 0.419 e. The highest BCUT2D eigenvalue weighted by atomic mass is 32.2. The van der Waals surface area contributed by atoms with Crippen LogP contribution < -0.4 is 11.1 Å². The van der Waals surface area contributed by atoms with E-state index in [1.54, 1.807) is 13.1 Å². The molecule has 0 bridgehead atoms. The third kappa shape index (κ3) is 4.17. The summed E-state index contributed by atoms with van der Waals surface area (Å²) < 4.78 is 34.1. The summed E-state index contributed by atoms with van der Waals surface area (Å²) in [4.78, 5) is 24.6. The Morgan fingerprint density at radius 3 is 2.55 bits per heavy atom. The Morgan fingerprint density at radius 1 is 1.13 bits per heavy atom. The van der Waals surface area contributed by atoms with E-state index in [1.807, 2.05) is 0 Å². The molecule has 4 rings (SSSR count). The summed E-state index contributed by atoms with van der Waals surface area (Å²) in [7, 11) is -2.14. The monoisotopic (exact) mass is 449 g/mol. The van der Waals surface area contributed by atoms with Crippen molar-refractivity contribution in [2.45, 2.75) is 56.9 Å². The number of piperidine rings is 1. The molecule has 1 N–H and O–H groups in total. The maximum absolute atomic E-state index is 13.1. The molecule has 9 heteroatoms. The van der Waals surface area contributed by atoms with Gasteiger partial charge in [0.25, 0.3) is 0 Å². The van der Waals surface area contributed by atoms with E-state index in [0.717, 1.165) is 12.8 Å². The molecule has 1 saturated carbocycles. The van der Waals surface area contributed by atoms with E-state index in [1.165, 1.54) is 27.4 Å². The number of fused-ring (bicyclic) bond motifs is 1. The van der Waals surface area contributed by atoms with E-state index in [9.17, 15) is 18.0 Å². The number of hydrogen-bond acceptors (Lipinski definition) is 5. The summed E-state index contributed by atoms with van der Waals surface area (Å²) in [6, 6.07) is 4.69. The van der Waals surface area contributed by atoms with E-state index < -0.39 is 15.8 Å². The van der Waals surface area contributed by atoms with Crippen molar-refractivity contribution in [2.75, 3.05) is 13.1 Å². The molecule has 0 unspecified atom stereocenters. The third-order valence-electron chi connectivity index (χ3n) is 7.26. The minimum Gasteiger partial charge on any atom is -0.408 e. The topological polar surface area (TPSA) is 102 Å². The first kappa shape index (κ1) is 22.1. The van der Waals surface area contributed by atoms with Gasteiger partial charge in [0.2, 0.25) is 15.9 Å². The number of carbonyl (C=O) groups excluding carboxylic acids is 1. The molecule has 1 saturated heterocycles. The molecule has 1 aromatic carbocycles. The summed E-state index contributed by atoms with van der Waals surface area (Å²) in [6.07, 6.45) is 4.37. The molecule has 2 aromatic rings. The lowest BCUT2D eigenvalue weighted by atomic mass is 9.78. The van der Waals surface area contributed by atoms with E-state index >= 15 is 0 Å². The predicted octanol–water partition coefficient (Wildman–Crippen LogP) is 2.47. The Balaban J connectivity index is 1.41. The summed E-state index contributed by atoms with van der Waals surface area (Å²) in [6.45, 7) is 5.04. The highest BCUT2D eigenvalue weighted by molar-refractivity contribution is 7.89. The van der Waals surface area contributed by atoms with Crippen LogP contribution in [0.5, 0.6) is 0 Å². The van der Waals surface area contributed by atoms with Gasteiger partial charge in [0.05, 0.1) is 10.4 Å². The number of nitrogens with one attached hydrogen (secondary N) is 1. The van der Waals surface area contributed by atoms with Crippen LogP contribution in [-0.4, -0.2) is 42.3 Å². The number of amides is 1. The lowest BCUT2D eigenvalue weighted by Gasteiger charge is -2.36. The fourth-order valence-electron chi connectivity index (χ4n) is 4.87. The molecule has 0 radical (unpaired) electrons. The summed E-state index contributed by atoms with van der Waals surface area (Å²) in [5, 5.41) is 3.23. The summed E-state index contributed by atoms with van der Waals surface area (Å²) >= 11 is 0. The van der Waals surface area contributed by atoms with Crippen LogP contribution in [-0.2, 0) is 21.9 Å². The zero-order valence-corrected chi connectivity index (χ0v) is 19.2. The number of nitrogens with zero attached hydrogens (tertiary/aromatic N) is 2. The first-order chi connectivity index (χ1) is 14.7. The molecular formula is C22H31N3O5S. The van der Waals surface area contributed by atoms with E-state index in [0.29, 0.717) is 43.3 Å². The Morgan fingerprint density at radius 2 is 1.84 bits per heavy atom. The average Bonchev–Trinajstić information content (AvgIpc) is 3.04. The van der Waals surface area contributed by atoms with Gasteiger partial charge in [-0.3, -0.25) is 9.36 Å². The number of sulfonamides is 1. The van der Waals surface area contributed by atoms with Crippen molar-refractivity contribution < 1.29 is 17.6 Å². The van der Waals surface area contributed by atoms with Crippen LogP contribution in [0.15, 0.2) is 32.3 Å². The van der Waals surface area contributed by atoms with Crippen molar-refractivity contribution in [3.8, 4) is 0 Å². The fraction of sp³-hybridized carbons (Fsp3) is 0.636. The second kappa shape index (κ2) is 8.43. The van der Waals surface area contributed by atoms with Gasteiger partial charge in [0.15, 0.2) is 5.58 Å². The molecule has 0 spiro atoms. The number of benzene rings is 1. The molecular weight excluding hydrogens is 418 g/mol. The molecule has 8 nitrogen and oxygen atoms in total. The van der Waals surface area contributed by atoms with Crippen molar-refractivity contribution >= 4 is 27.0 Å². The summed E-state index contributed by atoms with van der Waals surface area (Å²) in [5.41, 5.74) is 0.796. The van der Waals surface area contributed by atoms with Crippen LogP contribution in [0.1, 0.15) is 46.0 Å². The summed E-state index contributed by atoms with van der Waals surface area (Å²) in [5.74, 6) is 0.433. The minimum absolute atomic E-state index is 0.0514. The number of aryl methyl sites for hydroxylation is 1. The quantitative estimate of drug-likeness (QED) is 0.773. The highest BCUT2D eigenvalue weighted by Crippen LogP contribution is 2.31. The maximum Gasteiger partial charge on any atom is 0.419 e. The van der Waals surface area contributed by atoms with Crippen LogP contribution >= 0.6 is 0 Å². The van der Waals surface area contributed by atoms with Crippen molar-refractivity contribution in [1.82, 2.24) is 14.2 Å². The molecule has 2 aliphatic rings. The van der Waals surface area contributed by atoms with Crippen molar-refractivity contribution in [3.63, 3.8) is 0 Å². The number of rotatable bonds is 4. The van der Waals surface area contributed by atoms with E-state index in [-0.39, 0.29) is 28.3 Å². The Hall–Kier alpha value is -2.13. The van der Waals surface area contributed by atoms with Crippen molar-refractivity contribution in [2.24, 2.45) is 24.8 Å². The molecule has 170 valence electrons. The van der Waals surface area contributed by atoms with Gasteiger partial charge in [-0.15, -0.1) is 0 Å². The molecule has 31 heavy (non-hydrogen) atoms. The van der Waals surface area contributed by atoms with Gasteiger partial charge in [-0.25, -0.2) is 13.2 Å². The predicted molar refractivity (Wildman–Crippen MR) is 117 cm³/mol. The Labute approximate surface area is 182 Å². The maximum atomic E-state index is 13.1. The molecule has 3 atom stereocenters. The second-order valence-electron chi connectivity index (χ2n) is 9.12. The molecule has 1 aliphatic heterocycles. The molecule has 1 aromatic heterocycles. The Bertz CT molecular complexity index is 1130. The third-order valence-corrected chi connectivity index (χ3v) is 9.16. The zero-order chi connectivity index (χ0) is 22.3. The number of aromatic nitrogens is 1. The zero-order valence-electron chi connectivity index (χ0n) is 18.3. The van der Waals surface area contributed by atoms with Crippen LogP contribution in [0.3, 0.4) is 0 Å². The van der Waals surface area contributed by atoms with E-state index in [4.69, 9.17) is 4.42 Å². The normalized spacial score (nSPS) is 26.2. The van der Waals surface area contributed by atoms with Crippen molar-refractivity contribution in [1.29, 1.82) is 0 Å². The minimum atomic E-state index is -3.72. The second-order valence-corrected chi connectivity index (χ2v) is 11.1. The van der Waals surface area contributed by atoms with Gasteiger partial charge in [-0.1, -0.05) is 26.7 Å². The number of oxazole rings is 1. The first-order valence-electron chi connectivity index (χ1n) is 11.1. The highest BCUT2D eigenvalue weighted by Gasteiger charge is 2.35. The van der Waals surface area contributed by atoms with Gasteiger partial charge in [-0.05, 0) is 43.2 Å². The fourth-order valence-corrected chi connectivity index (χ4v) is 6.35. The molecule has 2 fully saturated rings. The van der Waals surface area contributed by atoms with Crippen LogP contribution in [0.2, 0.25) is 0 Å². The number of carbonyl (C=O) groups is 1. The van der Waals surface area contributed by atoms with Gasteiger partial charge in [0.1, 0.15) is 0 Å². The van der Waals surface area contributed by atoms with Gasteiger partial charge in [-0.2, -0.15) is 4.31 Å². The lowest BCUT2D eigenvalue weighted by Crippen LogP contribution is -2.48. The van der Waals surface area contributed by atoms with Crippen LogP contribution in [0.25, 0.3) is 11.1 Å². The van der Waals surface area contributed by atoms with Crippen LogP contribution in [0, 0.1) is 17.8 Å². The average molecular weight is 450 g/mol. The van der Waals surface area contributed by atoms with E-state index in [2.05, 4.69) is 19.2 Å². The van der Waals surface area contributed by atoms with Crippen molar-refractivity contribution in [3.05, 3.63) is 28.7 Å². The first-order valence-corrected chi connectivity index (χ1v) is 12.5. The Kier molecular flexibility index (Phi) is 6.00.